The Hall–Kier alpha value is 0.01000. The second-order valence-electron chi connectivity index (χ2n) is 2.12. The summed E-state index contributed by atoms with van der Waals surface area (Å²) in [5.74, 6) is 0.828. The number of hydrogen-bond donors (Lipinski definition) is 0. The Morgan fingerprint density at radius 1 is 1.67 bits per heavy atom. The first-order valence-corrected chi connectivity index (χ1v) is 5.42. The van der Waals surface area contributed by atoms with Gasteiger partial charge >= 0.3 is 0 Å². The van der Waals surface area contributed by atoms with Gasteiger partial charge in [-0.3, -0.25) is 0 Å². The minimum atomic E-state index is 0.664. The van der Waals surface area contributed by atoms with Gasteiger partial charge in [-0.15, -0.1) is 11.8 Å². The van der Waals surface area contributed by atoms with Gasteiger partial charge in [0.15, 0.2) is 0 Å². The van der Waals surface area contributed by atoms with Gasteiger partial charge in [0.1, 0.15) is 0 Å². The molecule has 1 aromatic rings. The molecule has 0 unspecified atom stereocenters. The molecule has 0 bridgehead atoms. The number of nitrogens with zero attached hydrogens (tertiary/aromatic N) is 1. The van der Waals surface area contributed by atoms with Crippen LogP contribution in [-0.2, 0) is 0 Å². The van der Waals surface area contributed by atoms with E-state index in [9.17, 15) is 0 Å². The third-order valence-electron chi connectivity index (χ3n) is 1.08. The molecule has 12 heavy (non-hydrogen) atoms. The number of aromatic nitrogens is 1. The molecule has 1 aromatic heterocycles. The van der Waals surface area contributed by atoms with Crippen molar-refractivity contribution in [3.8, 4) is 0 Å². The van der Waals surface area contributed by atoms with Crippen LogP contribution in [0.1, 0.15) is 0 Å². The van der Waals surface area contributed by atoms with Gasteiger partial charge in [0.05, 0.1) is 10.0 Å². The van der Waals surface area contributed by atoms with Crippen LogP contribution in [0.2, 0.25) is 5.02 Å². The van der Waals surface area contributed by atoms with Gasteiger partial charge in [-0.2, -0.15) is 0 Å². The van der Waals surface area contributed by atoms with Crippen LogP contribution in [-0.4, -0.2) is 10.7 Å². The Morgan fingerprint density at radius 2 is 2.42 bits per heavy atom. The van der Waals surface area contributed by atoms with E-state index in [1.54, 1.807) is 18.0 Å². The molecule has 0 radical (unpaired) electrons. The number of rotatable bonds is 3. The van der Waals surface area contributed by atoms with Crippen LogP contribution in [0, 0.1) is 0 Å². The maximum atomic E-state index is 5.68. The predicted molar refractivity (Wildman–Crippen MR) is 58.0 cm³/mol. The van der Waals surface area contributed by atoms with Crippen LogP contribution in [0.25, 0.3) is 0 Å². The minimum absolute atomic E-state index is 0.664. The average molecular weight is 265 g/mol. The van der Waals surface area contributed by atoms with Gasteiger partial charge in [-0.1, -0.05) is 34.1 Å². The highest BCUT2D eigenvalue weighted by Gasteiger charge is 1.95. The maximum absolute atomic E-state index is 5.68. The van der Waals surface area contributed by atoms with Gasteiger partial charge in [0.25, 0.3) is 0 Å². The molecule has 4 heteroatoms. The van der Waals surface area contributed by atoms with Crippen LogP contribution in [0.5, 0.6) is 0 Å². The van der Waals surface area contributed by atoms with Crippen LogP contribution in [0.15, 0.2) is 34.4 Å². The van der Waals surface area contributed by atoms with Crippen molar-refractivity contribution in [3.05, 3.63) is 34.4 Å². The van der Waals surface area contributed by atoms with Gasteiger partial charge in [-0.05, 0) is 16.6 Å². The van der Waals surface area contributed by atoms with E-state index < -0.39 is 0 Å². The van der Waals surface area contributed by atoms with Crippen molar-refractivity contribution in [3.63, 3.8) is 0 Å². The van der Waals surface area contributed by atoms with E-state index >= 15 is 0 Å². The fourth-order valence-corrected chi connectivity index (χ4v) is 1.65. The number of halogens is 2. The number of thioether (sulfide) groups is 1. The lowest BCUT2D eigenvalue weighted by atomic mass is 10.5. The van der Waals surface area contributed by atoms with Crippen molar-refractivity contribution >= 4 is 39.3 Å². The van der Waals surface area contributed by atoms with Gasteiger partial charge in [0.2, 0.25) is 0 Å². The van der Waals surface area contributed by atoms with E-state index in [2.05, 4.69) is 27.5 Å². The predicted octanol–water partition coefficient (Wildman–Crippen LogP) is 3.74. The van der Waals surface area contributed by atoms with Crippen LogP contribution in [0.4, 0.5) is 0 Å². The molecule has 0 spiro atoms. The van der Waals surface area contributed by atoms with E-state index in [0.29, 0.717) is 5.02 Å². The molecule has 0 N–H and O–H groups in total. The summed E-state index contributed by atoms with van der Waals surface area (Å²) in [5, 5.41) is 1.62. The third kappa shape index (κ3) is 3.61. The molecule has 1 heterocycles. The second-order valence-corrected chi connectivity index (χ2v) is 4.67. The first kappa shape index (κ1) is 10.1. The fourth-order valence-electron chi connectivity index (χ4n) is 0.600. The van der Waals surface area contributed by atoms with Gasteiger partial charge < -0.3 is 0 Å². The summed E-state index contributed by atoms with van der Waals surface area (Å²) >= 11 is 10.6. The summed E-state index contributed by atoms with van der Waals surface area (Å²) in [5.41, 5.74) is 0. The summed E-state index contributed by atoms with van der Waals surface area (Å²) in [4.78, 5) is 4.12. The summed E-state index contributed by atoms with van der Waals surface area (Å²) in [7, 11) is 0. The zero-order valence-corrected chi connectivity index (χ0v) is 9.42. The van der Waals surface area contributed by atoms with Crippen molar-refractivity contribution in [1.82, 2.24) is 4.98 Å². The molecule has 1 rings (SSSR count). The largest absolute Gasteiger partial charge is 0.248 e. The molecule has 1 nitrogen and oxygen atoms in total. The maximum Gasteiger partial charge on any atom is 0.0964 e. The molecule has 0 saturated heterocycles. The zero-order valence-electron chi connectivity index (χ0n) is 6.26. The number of pyridine rings is 1. The Morgan fingerprint density at radius 3 is 2.92 bits per heavy atom. The molecule has 64 valence electrons. The third-order valence-corrected chi connectivity index (χ3v) is 2.98. The van der Waals surface area contributed by atoms with Crippen molar-refractivity contribution in [2.45, 2.75) is 5.03 Å². The summed E-state index contributed by atoms with van der Waals surface area (Å²) in [6.07, 6.45) is 1.64. The average Bonchev–Trinajstić information content (AvgIpc) is 2.03. The lowest BCUT2D eigenvalue weighted by Gasteiger charge is -1.98. The van der Waals surface area contributed by atoms with Gasteiger partial charge in [-0.25, -0.2) is 4.98 Å². The minimum Gasteiger partial charge on any atom is -0.248 e. The standard InChI is InChI=1S/C8H7BrClNS/c1-6(9)5-12-8-3-2-7(10)4-11-8/h2-4H,1,5H2. The SMILES string of the molecule is C=C(Br)CSc1ccc(Cl)cn1. The second kappa shape index (κ2) is 4.90. The Balaban J connectivity index is 2.53. The molecule has 0 aliphatic heterocycles. The van der Waals surface area contributed by atoms with Crippen molar-refractivity contribution in [2.24, 2.45) is 0 Å². The molecule has 0 fully saturated rings. The monoisotopic (exact) mass is 263 g/mol. The highest BCUT2D eigenvalue weighted by Crippen LogP contribution is 2.20. The quantitative estimate of drug-likeness (QED) is 0.772. The van der Waals surface area contributed by atoms with Crippen molar-refractivity contribution < 1.29 is 0 Å². The van der Waals surface area contributed by atoms with E-state index in [1.807, 2.05) is 12.1 Å². The first-order valence-electron chi connectivity index (χ1n) is 3.26. The van der Waals surface area contributed by atoms with Crippen LogP contribution in [0.3, 0.4) is 0 Å². The zero-order chi connectivity index (χ0) is 8.97. The lowest BCUT2D eigenvalue weighted by Crippen LogP contribution is -1.80. The van der Waals surface area contributed by atoms with Crippen LogP contribution >= 0.6 is 39.3 Å². The molecule has 0 amide bonds. The Labute approximate surface area is 89.4 Å². The van der Waals surface area contributed by atoms with E-state index in [1.165, 1.54) is 0 Å². The molecular weight excluding hydrogens is 258 g/mol. The smallest absolute Gasteiger partial charge is 0.0964 e. The van der Waals surface area contributed by atoms with Gasteiger partial charge in [0, 0.05) is 11.9 Å². The first-order chi connectivity index (χ1) is 5.68. The summed E-state index contributed by atoms with van der Waals surface area (Å²) < 4.78 is 0.962. The van der Waals surface area contributed by atoms with Crippen molar-refractivity contribution in [1.29, 1.82) is 0 Å². The van der Waals surface area contributed by atoms with Crippen LogP contribution < -0.4 is 0 Å². The fraction of sp³-hybridized carbons (Fsp3) is 0.125. The van der Waals surface area contributed by atoms with E-state index in [0.717, 1.165) is 15.3 Å². The van der Waals surface area contributed by atoms with Crippen molar-refractivity contribution in [2.75, 3.05) is 5.75 Å². The summed E-state index contributed by atoms with van der Waals surface area (Å²) in [6.45, 7) is 3.73. The van der Waals surface area contributed by atoms with E-state index in [4.69, 9.17) is 11.6 Å². The lowest BCUT2D eigenvalue weighted by molar-refractivity contribution is 1.14. The normalized spacial score (nSPS) is 9.83. The molecular formula is C8H7BrClNS. The highest BCUT2D eigenvalue weighted by atomic mass is 79.9. The summed E-state index contributed by atoms with van der Waals surface area (Å²) in [6, 6.07) is 3.72. The molecule has 0 atom stereocenters. The van der Waals surface area contributed by atoms with E-state index in [-0.39, 0.29) is 0 Å². The molecule has 0 aliphatic rings. The Bertz CT molecular complexity index is 273. The number of hydrogen-bond acceptors (Lipinski definition) is 2. The Kier molecular flexibility index (Phi) is 4.12. The molecule has 0 aliphatic carbocycles. The molecule has 0 saturated carbocycles. The highest BCUT2D eigenvalue weighted by molar-refractivity contribution is 9.11. The topological polar surface area (TPSA) is 12.9 Å². The molecule has 0 aromatic carbocycles.